The number of fused-ring (bicyclic) bond motifs is 2. The van der Waals surface area contributed by atoms with E-state index in [1.807, 2.05) is 67.3 Å². The molecule has 4 heteroatoms. The number of hydrogen-bond acceptors (Lipinski definition) is 2. The summed E-state index contributed by atoms with van der Waals surface area (Å²) in [4.78, 5) is 14.6. The number of rotatable bonds is 2. The van der Waals surface area contributed by atoms with Crippen molar-refractivity contribution in [1.29, 1.82) is 0 Å². The quantitative estimate of drug-likeness (QED) is 0.739. The van der Waals surface area contributed by atoms with Crippen molar-refractivity contribution in [3.63, 3.8) is 0 Å². The molecule has 3 nitrogen and oxygen atoms in total. The van der Waals surface area contributed by atoms with Crippen LogP contribution in [0.5, 0.6) is 0 Å². The lowest BCUT2D eigenvalue weighted by molar-refractivity contribution is -0.127. The number of likely N-dealkylation sites (tertiary alicyclic amines) is 1. The molecule has 0 aromatic heterocycles. The van der Waals surface area contributed by atoms with Gasteiger partial charge in [0.1, 0.15) is 0 Å². The molecule has 0 bridgehead atoms. The van der Waals surface area contributed by atoms with Crippen molar-refractivity contribution in [3.05, 3.63) is 75.8 Å². The second-order valence-corrected chi connectivity index (χ2v) is 8.82. The smallest absolute Gasteiger partial charge is 0.246 e. The molecule has 0 radical (unpaired) electrons. The number of carbonyl (C=O) groups excluding carboxylic acids is 1. The summed E-state index contributed by atoms with van der Waals surface area (Å²) in [5, 5.41) is 11.7. The molecule has 146 valence electrons. The van der Waals surface area contributed by atoms with Crippen LogP contribution in [0.3, 0.4) is 0 Å². The van der Waals surface area contributed by atoms with Crippen molar-refractivity contribution < 1.29 is 9.90 Å². The fraction of sp³-hybridized carbons (Fsp3) is 0.375. The Bertz CT molecular complexity index is 939. The summed E-state index contributed by atoms with van der Waals surface area (Å²) in [5.74, 6) is 0.0437. The minimum absolute atomic E-state index is 0.0437. The van der Waals surface area contributed by atoms with Crippen molar-refractivity contribution >= 4 is 23.6 Å². The van der Waals surface area contributed by atoms with E-state index in [2.05, 4.69) is 0 Å². The Morgan fingerprint density at radius 2 is 1.86 bits per heavy atom. The molecule has 2 aromatic rings. The second-order valence-electron chi connectivity index (χ2n) is 8.41. The molecule has 1 fully saturated rings. The minimum Gasteiger partial charge on any atom is -0.385 e. The van der Waals surface area contributed by atoms with E-state index in [4.69, 9.17) is 11.6 Å². The van der Waals surface area contributed by atoms with Crippen molar-refractivity contribution in [3.8, 4) is 0 Å². The largest absolute Gasteiger partial charge is 0.385 e. The van der Waals surface area contributed by atoms with E-state index in [9.17, 15) is 9.90 Å². The van der Waals surface area contributed by atoms with Gasteiger partial charge in [0, 0.05) is 29.6 Å². The number of halogens is 1. The Labute approximate surface area is 171 Å². The van der Waals surface area contributed by atoms with Gasteiger partial charge < -0.3 is 10.0 Å². The first-order chi connectivity index (χ1) is 13.3. The van der Waals surface area contributed by atoms with E-state index >= 15 is 0 Å². The molecule has 0 saturated carbocycles. The summed E-state index contributed by atoms with van der Waals surface area (Å²) in [6, 6.07) is 13.8. The average Bonchev–Trinajstić information content (AvgIpc) is 2.89. The van der Waals surface area contributed by atoms with Crippen LogP contribution in [-0.2, 0) is 15.8 Å². The van der Waals surface area contributed by atoms with E-state index < -0.39 is 5.60 Å². The van der Waals surface area contributed by atoms with Crippen molar-refractivity contribution in [2.75, 3.05) is 13.1 Å². The zero-order valence-electron chi connectivity index (χ0n) is 16.4. The van der Waals surface area contributed by atoms with Crippen LogP contribution in [0, 0.1) is 6.92 Å². The molecular formula is C24H26ClNO2. The first-order valence-corrected chi connectivity index (χ1v) is 10.2. The van der Waals surface area contributed by atoms with Gasteiger partial charge in [0.25, 0.3) is 0 Å². The van der Waals surface area contributed by atoms with Gasteiger partial charge in [-0.2, -0.15) is 0 Å². The molecule has 2 aromatic carbocycles. The Hall–Kier alpha value is -2.10. The van der Waals surface area contributed by atoms with Crippen LogP contribution in [0.25, 0.3) is 6.08 Å². The fourth-order valence-corrected chi connectivity index (χ4v) is 5.35. The molecular weight excluding hydrogens is 370 g/mol. The first kappa shape index (κ1) is 19.2. The van der Waals surface area contributed by atoms with Gasteiger partial charge >= 0.3 is 0 Å². The minimum atomic E-state index is -0.864. The standard InChI is InChI=1S/C24H26ClNO2/c1-17-6-3-4-7-18(17)10-11-21(27)26-14-12-24(13-15-26)16-23(2,28)19-8-5-9-20(25)22(19)24/h3-11,28H,12-16H2,1-2H3/b11-10+. The monoisotopic (exact) mass is 395 g/mol. The fourth-order valence-electron chi connectivity index (χ4n) is 4.98. The zero-order chi connectivity index (χ0) is 19.9. The third-order valence-electron chi connectivity index (χ3n) is 6.43. The Morgan fingerprint density at radius 1 is 1.14 bits per heavy atom. The van der Waals surface area contributed by atoms with Crippen LogP contribution in [0.15, 0.2) is 48.5 Å². The number of benzene rings is 2. The van der Waals surface area contributed by atoms with Crippen molar-refractivity contribution in [2.45, 2.75) is 44.1 Å². The van der Waals surface area contributed by atoms with Gasteiger partial charge in [-0.15, -0.1) is 0 Å². The second kappa shape index (κ2) is 7.06. The maximum absolute atomic E-state index is 12.7. The highest BCUT2D eigenvalue weighted by molar-refractivity contribution is 6.31. The summed E-state index contributed by atoms with van der Waals surface area (Å²) >= 11 is 6.55. The number of carbonyl (C=O) groups is 1. The number of amides is 1. The van der Waals surface area contributed by atoms with Crippen molar-refractivity contribution in [1.82, 2.24) is 4.90 Å². The molecule has 1 heterocycles. The van der Waals surface area contributed by atoms with E-state index in [0.29, 0.717) is 19.5 Å². The number of piperidine rings is 1. The molecule has 1 unspecified atom stereocenters. The normalized spacial score (nSPS) is 23.4. The Balaban J connectivity index is 1.50. The highest BCUT2D eigenvalue weighted by Crippen LogP contribution is 2.55. The van der Waals surface area contributed by atoms with Gasteiger partial charge in [-0.3, -0.25) is 4.79 Å². The SMILES string of the molecule is Cc1ccccc1/C=C/C(=O)N1CCC2(CC1)CC(C)(O)c1cccc(Cl)c12. The highest BCUT2D eigenvalue weighted by Gasteiger charge is 2.51. The van der Waals surface area contributed by atoms with Gasteiger partial charge in [0.2, 0.25) is 5.91 Å². The summed E-state index contributed by atoms with van der Waals surface area (Å²) < 4.78 is 0. The molecule has 4 rings (SSSR count). The molecule has 1 saturated heterocycles. The molecule has 1 spiro atoms. The molecule has 1 amide bonds. The maximum Gasteiger partial charge on any atom is 0.246 e. The topological polar surface area (TPSA) is 40.5 Å². The number of aryl methyl sites for hydroxylation is 1. The average molecular weight is 396 g/mol. The summed E-state index contributed by atoms with van der Waals surface area (Å²) in [5.41, 5.74) is 3.24. The number of aliphatic hydroxyl groups is 1. The molecule has 1 N–H and O–H groups in total. The predicted octanol–water partition coefficient (Wildman–Crippen LogP) is 4.83. The van der Waals surface area contributed by atoms with Crippen LogP contribution in [-0.4, -0.2) is 29.0 Å². The molecule has 1 aliphatic heterocycles. The van der Waals surface area contributed by atoms with Gasteiger partial charge in [-0.1, -0.05) is 48.0 Å². The van der Waals surface area contributed by atoms with Gasteiger partial charge in [-0.05, 0) is 67.5 Å². The van der Waals surface area contributed by atoms with E-state index in [1.165, 1.54) is 0 Å². The number of hydrogen-bond donors (Lipinski definition) is 1. The number of nitrogens with zero attached hydrogens (tertiary/aromatic N) is 1. The first-order valence-electron chi connectivity index (χ1n) is 9.87. The van der Waals surface area contributed by atoms with Crippen LogP contribution < -0.4 is 0 Å². The Morgan fingerprint density at radius 3 is 2.57 bits per heavy atom. The van der Waals surface area contributed by atoms with Crippen LogP contribution in [0.4, 0.5) is 0 Å². The van der Waals surface area contributed by atoms with E-state index in [0.717, 1.165) is 40.1 Å². The molecule has 28 heavy (non-hydrogen) atoms. The van der Waals surface area contributed by atoms with E-state index in [1.54, 1.807) is 6.08 Å². The van der Waals surface area contributed by atoms with Crippen LogP contribution in [0.2, 0.25) is 5.02 Å². The third-order valence-corrected chi connectivity index (χ3v) is 6.75. The predicted molar refractivity (Wildman–Crippen MR) is 113 cm³/mol. The summed E-state index contributed by atoms with van der Waals surface area (Å²) in [6.45, 7) is 5.27. The lowest BCUT2D eigenvalue weighted by atomic mass is 9.73. The highest BCUT2D eigenvalue weighted by atomic mass is 35.5. The van der Waals surface area contributed by atoms with Crippen LogP contribution >= 0.6 is 11.6 Å². The maximum atomic E-state index is 12.7. The lowest BCUT2D eigenvalue weighted by Crippen LogP contribution is -2.44. The molecule has 1 aliphatic carbocycles. The Kier molecular flexibility index (Phi) is 4.84. The van der Waals surface area contributed by atoms with E-state index in [-0.39, 0.29) is 11.3 Å². The van der Waals surface area contributed by atoms with Crippen molar-refractivity contribution in [2.24, 2.45) is 0 Å². The summed E-state index contributed by atoms with van der Waals surface area (Å²) in [6.07, 6.45) is 5.88. The summed E-state index contributed by atoms with van der Waals surface area (Å²) in [7, 11) is 0. The molecule has 2 aliphatic rings. The van der Waals surface area contributed by atoms with Gasteiger partial charge in [0.05, 0.1) is 5.60 Å². The lowest BCUT2D eigenvalue weighted by Gasteiger charge is -2.40. The van der Waals surface area contributed by atoms with Crippen LogP contribution in [0.1, 0.15) is 48.4 Å². The zero-order valence-corrected chi connectivity index (χ0v) is 17.2. The van der Waals surface area contributed by atoms with Gasteiger partial charge in [-0.25, -0.2) is 0 Å². The third kappa shape index (κ3) is 3.27. The molecule has 1 atom stereocenters. The van der Waals surface area contributed by atoms with Gasteiger partial charge in [0.15, 0.2) is 0 Å².